The molecule has 0 bridgehead atoms. The second-order valence-corrected chi connectivity index (χ2v) is 10.1. The van der Waals surface area contributed by atoms with Gasteiger partial charge in [-0.3, -0.25) is 4.79 Å². The van der Waals surface area contributed by atoms with Gasteiger partial charge in [-0.2, -0.15) is 4.31 Å². The van der Waals surface area contributed by atoms with Crippen LogP contribution in [0.5, 0.6) is 5.75 Å². The Hall–Kier alpha value is -2.46. The summed E-state index contributed by atoms with van der Waals surface area (Å²) in [4.78, 5) is 19.2. The molecule has 4 rings (SSSR count). The number of piperazine rings is 1. The number of carbonyl (C=O) groups is 1. The molecule has 1 fully saturated rings. The molecule has 10 heteroatoms. The first-order valence-corrected chi connectivity index (χ1v) is 12.2. The molecule has 1 saturated heterocycles. The average Bonchev–Trinajstić information content (AvgIpc) is 3.29. The molecular formula is C21H20ClN3O4S2. The number of ether oxygens (including phenoxy) is 1. The fourth-order valence-electron chi connectivity index (χ4n) is 3.29. The summed E-state index contributed by atoms with van der Waals surface area (Å²) in [6.07, 6.45) is 0. The summed E-state index contributed by atoms with van der Waals surface area (Å²) in [5.41, 5.74) is 1.25. The number of thiazole rings is 1. The van der Waals surface area contributed by atoms with Crippen molar-refractivity contribution in [3.63, 3.8) is 0 Å². The average molecular weight is 478 g/mol. The smallest absolute Gasteiger partial charge is 0.273 e. The Morgan fingerprint density at radius 2 is 1.68 bits per heavy atom. The number of sulfonamides is 1. The minimum atomic E-state index is -3.62. The highest BCUT2D eigenvalue weighted by molar-refractivity contribution is 7.89. The van der Waals surface area contributed by atoms with E-state index >= 15 is 0 Å². The predicted molar refractivity (Wildman–Crippen MR) is 120 cm³/mol. The third kappa shape index (κ3) is 4.59. The lowest BCUT2D eigenvalue weighted by Crippen LogP contribution is -2.50. The number of hydrogen-bond acceptors (Lipinski definition) is 6. The van der Waals surface area contributed by atoms with Gasteiger partial charge in [0.1, 0.15) is 16.5 Å². The molecule has 31 heavy (non-hydrogen) atoms. The lowest BCUT2D eigenvalue weighted by Gasteiger charge is -2.33. The number of methoxy groups -OCH3 is 1. The van der Waals surface area contributed by atoms with Crippen molar-refractivity contribution in [2.75, 3.05) is 33.3 Å². The lowest BCUT2D eigenvalue weighted by atomic mass is 10.2. The van der Waals surface area contributed by atoms with Gasteiger partial charge in [0.25, 0.3) is 5.91 Å². The normalized spacial score (nSPS) is 15.1. The van der Waals surface area contributed by atoms with Crippen LogP contribution in [0.3, 0.4) is 0 Å². The van der Waals surface area contributed by atoms with Crippen molar-refractivity contribution < 1.29 is 17.9 Å². The van der Waals surface area contributed by atoms with Crippen LogP contribution < -0.4 is 4.74 Å². The van der Waals surface area contributed by atoms with Gasteiger partial charge in [-0.25, -0.2) is 13.4 Å². The van der Waals surface area contributed by atoms with Crippen LogP contribution in [-0.2, 0) is 10.0 Å². The number of amides is 1. The summed E-state index contributed by atoms with van der Waals surface area (Å²) in [7, 11) is -2.09. The summed E-state index contributed by atoms with van der Waals surface area (Å²) in [5.74, 6) is 0.397. The first kappa shape index (κ1) is 21.8. The molecule has 0 radical (unpaired) electrons. The van der Waals surface area contributed by atoms with Gasteiger partial charge < -0.3 is 9.64 Å². The minimum absolute atomic E-state index is 0.196. The molecule has 3 aromatic rings. The van der Waals surface area contributed by atoms with Crippen LogP contribution in [-0.4, -0.2) is 61.8 Å². The van der Waals surface area contributed by atoms with Gasteiger partial charge in [-0.15, -0.1) is 11.3 Å². The summed E-state index contributed by atoms with van der Waals surface area (Å²) >= 11 is 7.31. The van der Waals surface area contributed by atoms with Crippen LogP contribution in [0, 0.1) is 0 Å². The van der Waals surface area contributed by atoms with Gasteiger partial charge in [0.15, 0.2) is 0 Å². The molecule has 0 spiro atoms. The number of nitrogens with zero attached hydrogens (tertiary/aromatic N) is 3. The lowest BCUT2D eigenvalue weighted by molar-refractivity contribution is 0.0693. The summed E-state index contributed by atoms with van der Waals surface area (Å²) in [6, 6.07) is 13.6. The van der Waals surface area contributed by atoms with Crippen molar-refractivity contribution >= 4 is 38.9 Å². The first-order chi connectivity index (χ1) is 14.9. The molecule has 1 aromatic heterocycles. The quantitative estimate of drug-likeness (QED) is 0.560. The van der Waals surface area contributed by atoms with E-state index in [2.05, 4.69) is 4.98 Å². The van der Waals surface area contributed by atoms with Gasteiger partial charge in [0.2, 0.25) is 10.0 Å². The second kappa shape index (κ2) is 8.96. The SMILES string of the molecule is COc1ccc(S(=O)(=O)N2CCN(C(=O)c3csc(-c4ccc(Cl)cc4)n3)CC2)cc1. The van der Waals surface area contributed by atoms with Crippen molar-refractivity contribution in [2.24, 2.45) is 0 Å². The van der Waals surface area contributed by atoms with E-state index < -0.39 is 10.0 Å². The van der Waals surface area contributed by atoms with Crippen LogP contribution in [0.2, 0.25) is 5.02 Å². The highest BCUT2D eigenvalue weighted by Gasteiger charge is 2.31. The van der Waals surface area contributed by atoms with E-state index in [1.165, 1.54) is 34.9 Å². The number of aromatic nitrogens is 1. The van der Waals surface area contributed by atoms with Gasteiger partial charge in [0, 0.05) is 42.1 Å². The Kier molecular flexibility index (Phi) is 6.29. The van der Waals surface area contributed by atoms with Crippen LogP contribution in [0.4, 0.5) is 0 Å². The monoisotopic (exact) mass is 477 g/mol. The molecule has 1 aliphatic rings. The predicted octanol–water partition coefficient (Wildman–Crippen LogP) is 3.62. The van der Waals surface area contributed by atoms with Crippen LogP contribution in [0.1, 0.15) is 10.5 Å². The first-order valence-electron chi connectivity index (χ1n) is 9.53. The van der Waals surface area contributed by atoms with E-state index in [1.807, 2.05) is 12.1 Å². The second-order valence-electron chi connectivity index (χ2n) is 6.92. The molecule has 0 aliphatic carbocycles. The molecule has 0 unspecified atom stereocenters. The Morgan fingerprint density at radius 1 is 1.03 bits per heavy atom. The largest absolute Gasteiger partial charge is 0.497 e. The summed E-state index contributed by atoms with van der Waals surface area (Å²) in [6.45, 7) is 1.08. The van der Waals surface area contributed by atoms with Crippen molar-refractivity contribution in [2.45, 2.75) is 4.90 Å². The molecule has 1 aliphatic heterocycles. The van der Waals surface area contributed by atoms with Gasteiger partial charge >= 0.3 is 0 Å². The van der Waals surface area contributed by atoms with Gasteiger partial charge in [-0.05, 0) is 36.4 Å². The van der Waals surface area contributed by atoms with Crippen molar-refractivity contribution in [1.29, 1.82) is 0 Å². The molecule has 1 amide bonds. The Morgan fingerprint density at radius 3 is 2.29 bits per heavy atom. The zero-order valence-corrected chi connectivity index (χ0v) is 19.1. The zero-order valence-electron chi connectivity index (χ0n) is 16.7. The standard InChI is InChI=1S/C21H20ClN3O4S2/c1-29-17-6-8-18(9-7-17)31(27,28)25-12-10-24(11-13-25)21(26)19-14-30-20(23-19)15-2-4-16(22)5-3-15/h2-9,14H,10-13H2,1H3. The maximum atomic E-state index is 12.9. The molecule has 2 aromatic carbocycles. The molecule has 7 nitrogen and oxygen atoms in total. The van der Waals surface area contributed by atoms with E-state index in [9.17, 15) is 13.2 Å². The van der Waals surface area contributed by atoms with Crippen molar-refractivity contribution in [3.05, 3.63) is 64.6 Å². The van der Waals surface area contributed by atoms with Crippen molar-refractivity contribution in [3.8, 4) is 16.3 Å². The molecular weight excluding hydrogens is 458 g/mol. The van der Waals surface area contributed by atoms with Crippen molar-refractivity contribution in [1.82, 2.24) is 14.2 Å². The van der Waals surface area contributed by atoms with Gasteiger partial charge in [-0.1, -0.05) is 23.7 Å². The topological polar surface area (TPSA) is 79.8 Å². The Balaban J connectivity index is 1.41. The number of halogens is 1. The maximum Gasteiger partial charge on any atom is 0.273 e. The van der Waals surface area contributed by atoms with E-state index in [1.54, 1.807) is 34.5 Å². The van der Waals surface area contributed by atoms with E-state index in [0.717, 1.165) is 10.6 Å². The Labute approximate surface area is 189 Å². The molecule has 0 N–H and O–H groups in total. The van der Waals surface area contributed by atoms with E-state index in [-0.39, 0.29) is 23.9 Å². The van der Waals surface area contributed by atoms with Crippen LogP contribution >= 0.6 is 22.9 Å². The molecule has 0 saturated carbocycles. The minimum Gasteiger partial charge on any atom is -0.497 e. The zero-order chi connectivity index (χ0) is 22.0. The van der Waals surface area contributed by atoms with E-state index in [0.29, 0.717) is 29.6 Å². The number of rotatable bonds is 5. The summed E-state index contributed by atoms with van der Waals surface area (Å²) < 4.78 is 32.2. The Bertz CT molecular complexity index is 1170. The highest BCUT2D eigenvalue weighted by atomic mass is 35.5. The summed E-state index contributed by atoms with van der Waals surface area (Å²) in [5, 5.41) is 3.10. The molecule has 2 heterocycles. The molecule has 0 atom stereocenters. The third-order valence-corrected chi connectivity index (χ3v) is 8.09. The highest BCUT2D eigenvalue weighted by Crippen LogP contribution is 2.26. The number of hydrogen-bond donors (Lipinski definition) is 0. The fourth-order valence-corrected chi connectivity index (χ4v) is 5.64. The molecule has 162 valence electrons. The fraction of sp³-hybridized carbons (Fsp3) is 0.238. The maximum absolute atomic E-state index is 12.9. The number of carbonyl (C=O) groups excluding carboxylic acids is 1. The number of benzene rings is 2. The van der Waals surface area contributed by atoms with E-state index in [4.69, 9.17) is 16.3 Å². The van der Waals surface area contributed by atoms with Gasteiger partial charge in [0.05, 0.1) is 12.0 Å². The van der Waals surface area contributed by atoms with Crippen LogP contribution in [0.25, 0.3) is 10.6 Å². The van der Waals surface area contributed by atoms with Crippen LogP contribution in [0.15, 0.2) is 58.8 Å². The third-order valence-electron chi connectivity index (χ3n) is 5.04.